The van der Waals surface area contributed by atoms with Crippen LogP contribution in [0.2, 0.25) is 0 Å². The Morgan fingerprint density at radius 3 is 2.10 bits per heavy atom. The van der Waals surface area contributed by atoms with E-state index in [0.717, 1.165) is 34.1 Å². The molecule has 0 bridgehead atoms. The van der Waals surface area contributed by atoms with E-state index in [1.165, 1.54) is 0 Å². The average molecular weight is 440 g/mol. The van der Waals surface area contributed by atoms with Crippen molar-refractivity contribution in [1.29, 1.82) is 5.26 Å². The number of nitrogens with zero attached hydrogens (tertiary/aromatic N) is 3. The monoisotopic (exact) mass is 439 g/mol. The summed E-state index contributed by atoms with van der Waals surface area (Å²) in [6.45, 7) is 6.77. The van der Waals surface area contributed by atoms with E-state index in [-0.39, 0.29) is 12.1 Å². The lowest BCUT2D eigenvalue weighted by Crippen LogP contribution is -2.47. The van der Waals surface area contributed by atoms with Crippen LogP contribution in [0.15, 0.2) is 58.3 Å². The van der Waals surface area contributed by atoms with Gasteiger partial charge in [-0.15, -0.1) is 0 Å². The van der Waals surface area contributed by atoms with Crippen LogP contribution in [0.1, 0.15) is 33.6 Å². The van der Waals surface area contributed by atoms with Gasteiger partial charge in [0.05, 0.1) is 12.8 Å². The molecule has 2 aromatic carbocycles. The van der Waals surface area contributed by atoms with Gasteiger partial charge in [-0.1, -0.05) is 11.8 Å². The fraction of sp³-hybridized carbons (Fsp3) is 0.417. The molecule has 1 fully saturated rings. The van der Waals surface area contributed by atoms with Crippen LogP contribution < -0.4 is 9.64 Å². The second kappa shape index (κ2) is 9.97. The summed E-state index contributed by atoms with van der Waals surface area (Å²) in [4.78, 5) is 18.0. The quantitative estimate of drug-likeness (QED) is 0.451. The Morgan fingerprint density at radius 2 is 1.61 bits per heavy atom. The molecule has 7 heteroatoms. The largest absolute Gasteiger partial charge is 0.497 e. The smallest absolute Gasteiger partial charge is 0.410 e. The van der Waals surface area contributed by atoms with Gasteiger partial charge in [-0.25, -0.2) is 4.79 Å². The number of benzene rings is 2. The average Bonchev–Trinajstić information content (AvgIpc) is 2.75. The molecule has 0 N–H and O–H groups in total. The molecular weight excluding hydrogens is 410 g/mol. The van der Waals surface area contributed by atoms with E-state index < -0.39 is 5.60 Å². The molecule has 1 aliphatic heterocycles. The summed E-state index contributed by atoms with van der Waals surface area (Å²) in [6, 6.07) is 16.0. The van der Waals surface area contributed by atoms with Gasteiger partial charge in [-0.05, 0) is 82.1 Å². The Kier molecular flexibility index (Phi) is 7.34. The molecule has 164 valence electrons. The highest BCUT2D eigenvalue weighted by molar-refractivity contribution is 7.99. The third-order valence-electron chi connectivity index (χ3n) is 5.00. The SMILES string of the molecule is COc1ccc(Sc2ccc(N(C#N)C3CCN(C(=O)OC(C)(C)C)CC3)cc2)cc1. The van der Waals surface area contributed by atoms with Gasteiger partial charge in [0.25, 0.3) is 0 Å². The van der Waals surface area contributed by atoms with Crippen LogP contribution in [0, 0.1) is 11.5 Å². The molecule has 1 amide bonds. The number of hydrogen-bond acceptors (Lipinski definition) is 6. The second-order valence-electron chi connectivity index (χ2n) is 8.44. The van der Waals surface area contributed by atoms with E-state index in [2.05, 4.69) is 6.19 Å². The highest BCUT2D eigenvalue weighted by Gasteiger charge is 2.29. The standard InChI is InChI=1S/C24H29N3O3S/c1-24(2,3)30-23(28)26-15-13-19(14-16-26)27(17-25)18-5-9-21(10-6-18)31-22-11-7-20(29-4)8-12-22/h5-12,19H,13-16H2,1-4H3. The van der Waals surface area contributed by atoms with E-state index in [1.54, 1.807) is 28.7 Å². The van der Waals surface area contributed by atoms with Crippen molar-refractivity contribution in [1.82, 2.24) is 4.90 Å². The molecule has 31 heavy (non-hydrogen) atoms. The summed E-state index contributed by atoms with van der Waals surface area (Å²) in [5, 5.41) is 9.77. The van der Waals surface area contributed by atoms with E-state index in [1.807, 2.05) is 69.3 Å². The molecule has 0 unspecified atom stereocenters. The Hall–Kier alpha value is -2.85. The maximum Gasteiger partial charge on any atom is 0.410 e. The molecule has 1 saturated heterocycles. The van der Waals surface area contributed by atoms with Gasteiger partial charge in [0.15, 0.2) is 6.19 Å². The normalized spacial score (nSPS) is 14.6. The van der Waals surface area contributed by atoms with Gasteiger partial charge < -0.3 is 14.4 Å². The van der Waals surface area contributed by atoms with Crippen molar-refractivity contribution in [2.45, 2.75) is 55.0 Å². The number of carbonyl (C=O) groups excluding carboxylic acids is 1. The molecule has 0 spiro atoms. The number of carbonyl (C=O) groups is 1. The Morgan fingerprint density at radius 1 is 1.06 bits per heavy atom. The summed E-state index contributed by atoms with van der Waals surface area (Å²) < 4.78 is 10.7. The number of piperidine rings is 1. The minimum absolute atomic E-state index is 0.0729. The molecule has 1 aliphatic rings. The summed E-state index contributed by atoms with van der Waals surface area (Å²) in [5.41, 5.74) is 0.371. The van der Waals surface area contributed by atoms with Crippen molar-refractivity contribution in [2.75, 3.05) is 25.1 Å². The van der Waals surface area contributed by atoms with Crippen molar-refractivity contribution < 1.29 is 14.3 Å². The van der Waals surface area contributed by atoms with Gasteiger partial charge >= 0.3 is 6.09 Å². The van der Waals surface area contributed by atoms with Gasteiger partial charge in [-0.3, -0.25) is 4.90 Å². The van der Waals surface area contributed by atoms with Crippen molar-refractivity contribution in [3.63, 3.8) is 0 Å². The highest BCUT2D eigenvalue weighted by atomic mass is 32.2. The first-order chi connectivity index (χ1) is 14.8. The Labute approximate surface area is 188 Å². The van der Waals surface area contributed by atoms with Gasteiger partial charge in [0, 0.05) is 28.9 Å². The number of methoxy groups -OCH3 is 1. The molecule has 3 rings (SSSR count). The summed E-state index contributed by atoms with van der Waals surface area (Å²) in [6.07, 6.45) is 3.51. The molecular formula is C24H29N3O3S. The minimum Gasteiger partial charge on any atom is -0.497 e. The number of nitriles is 1. The Bertz CT molecular complexity index is 909. The van der Waals surface area contributed by atoms with Crippen LogP contribution in [0.3, 0.4) is 0 Å². The fourth-order valence-electron chi connectivity index (χ4n) is 3.44. The first-order valence-corrected chi connectivity index (χ1v) is 11.2. The predicted molar refractivity (Wildman–Crippen MR) is 122 cm³/mol. The number of likely N-dealkylation sites (tertiary alicyclic amines) is 1. The lowest BCUT2D eigenvalue weighted by Gasteiger charge is -2.36. The number of amides is 1. The third kappa shape index (κ3) is 6.31. The summed E-state index contributed by atoms with van der Waals surface area (Å²) in [5.74, 6) is 0.835. The number of anilines is 1. The molecule has 0 radical (unpaired) electrons. The summed E-state index contributed by atoms with van der Waals surface area (Å²) in [7, 11) is 1.66. The van der Waals surface area contributed by atoms with E-state index in [0.29, 0.717) is 13.1 Å². The van der Waals surface area contributed by atoms with Crippen LogP contribution in [0.25, 0.3) is 0 Å². The maximum absolute atomic E-state index is 12.3. The first-order valence-electron chi connectivity index (χ1n) is 10.4. The molecule has 0 aliphatic carbocycles. The number of rotatable bonds is 5. The van der Waals surface area contributed by atoms with E-state index in [9.17, 15) is 10.1 Å². The van der Waals surface area contributed by atoms with Crippen LogP contribution in [0.4, 0.5) is 10.5 Å². The van der Waals surface area contributed by atoms with Gasteiger partial charge in [-0.2, -0.15) is 5.26 Å². The number of hydrogen-bond donors (Lipinski definition) is 0. The highest BCUT2D eigenvalue weighted by Crippen LogP contribution is 2.31. The maximum atomic E-state index is 12.3. The van der Waals surface area contributed by atoms with Gasteiger partial charge in [0.1, 0.15) is 11.4 Å². The van der Waals surface area contributed by atoms with Crippen molar-refractivity contribution in [3.05, 3.63) is 48.5 Å². The zero-order valence-electron chi connectivity index (χ0n) is 18.5. The Balaban J connectivity index is 1.58. The van der Waals surface area contributed by atoms with E-state index in [4.69, 9.17) is 9.47 Å². The lowest BCUT2D eigenvalue weighted by atomic mass is 10.0. The van der Waals surface area contributed by atoms with Gasteiger partial charge in [0.2, 0.25) is 0 Å². The van der Waals surface area contributed by atoms with Crippen LogP contribution in [-0.4, -0.2) is 42.8 Å². The van der Waals surface area contributed by atoms with Crippen LogP contribution in [0.5, 0.6) is 5.75 Å². The first kappa shape index (κ1) is 22.8. The zero-order chi connectivity index (χ0) is 22.4. The molecule has 0 aromatic heterocycles. The second-order valence-corrected chi connectivity index (χ2v) is 9.59. The zero-order valence-corrected chi connectivity index (χ0v) is 19.3. The lowest BCUT2D eigenvalue weighted by molar-refractivity contribution is 0.0206. The molecule has 0 saturated carbocycles. The van der Waals surface area contributed by atoms with Crippen LogP contribution in [-0.2, 0) is 4.74 Å². The molecule has 6 nitrogen and oxygen atoms in total. The topological polar surface area (TPSA) is 65.8 Å². The predicted octanol–water partition coefficient (Wildman–Crippen LogP) is 5.53. The van der Waals surface area contributed by atoms with Crippen molar-refractivity contribution in [3.8, 4) is 11.9 Å². The van der Waals surface area contributed by atoms with Crippen LogP contribution >= 0.6 is 11.8 Å². The third-order valence-corrected chi connectivity index (χ3v) is 6.01. The van der Waals surface area contributed by atoms with Crippen molar-refractivity contribution in [2.24, 2.45) is 0 Å². The fourth-order valence-corrected chi connectivity index (χ4v) is 4.25. The minimum atomic E-state index is -0.502. The molecule has 2 aromatic rings. The molecule has 0 atom stereocenters. The summed E-state index contributed by atoms with van der Waals surface area (Å²) >= 11 is 1.66. The van der Waals surface area contributed by atoms with E-state index >= 15 is 0 Å². The van der Waals surface area contributed by atoms with Crippen molar-refractivity contribution >= 4 is 23.5 Å². The molecule has 1 heterocycles. The number of ether oxygens (including phenoxy) is 2.